The van der Waals surface area contributed by atoms with Gasteiger partial charge in [-0.3, -0.25) is 0 Å². The Hall–Kier alpha value is -1.06. The lowest BCUT2D eigenvalue weighted by molar-refractivity contribution is 0.122. The molecule has 0 saturated heterocycles. The normalized spacial score (nSPS) is 20.4. The van der Waals surface area contributed by atoms with Crippen LogP contribution >= 0.6 is 0 Å². The summed E-state index contributed by atoms with van der Waals surface area (Å²) in [6.07, 6.45) is 1.65. The van der Waals surface area contributed by atoms with Crippen LogP contribution in [0.3, 0.4) is 0 Å². The highest BCUT2D eigenvalue weighted by atomic mass is 16.3. The van der Waals surface area contributed by atoms with Gasteiger partial charge in [0.25, 0.3) is 0 Å². The third-order valence-corrected chi connectivity index (χ3v) is 2.73. The molecule has 0 amide bonds. The lowest BCUT2D eigenvalue weighted by Gasteiger charge is -2.18. The molecule has 2 rings (SSSR count). The fourth-order valence-corrected chi connectivity index (χ4v) is 1.66. The highest BCUT2D eigenvalue weighted by molar-refractivity contribution is 5.30. The molecule has 1 aliphatic rings. The summed E-state index contributed by atoms with van der Waals surface area (Å²) < 4.78 is 0. The van der Waals surface area contributed by atoms with Crippen molar-refractivity contribution in [2.45, 2.75) is 25.0 Å². The van der Waals surface area contributed by atoms with Crippen LogP contribution in [-0.2, 0) is 0 Å². The summed E-state index contributed by atoms with van der Waals surface area (Å²) in [5.74, 6) is 0.549. The fourth-order valence-electron chi connectivity index (χ4n) is 1.66. The zero-order valence-electron chi connectivity index (χ0n) is 7.93. The minimum absolute atomic E-state index is 0.195. The molecule has 1 fully saturated rings. The number of benzene rings is 1. The second-order valence-electron chi connectivity index (χ2n) is 3.95. The van der Waals surface area contributed by atoms with Crippen LogP contribution in [0.5, 0.6) is 5.75 Å². The molecule has 76 valence electrons. The summed E-state index contributed by atoms with van der Waals surface area (Å²) in [5.41, 5.74) is 6.68. The van der Waals surface area contributed by atoms with Crippen molar-refractivity contribution in [3.8, 4) is 5.75 Å². The number of aromatic hydroxyl groups is 1. The number of aliphatic hydroxyl groups excluding tert-OH is 1. The molecule has 3 heteroatoms. The Morgan fingerprint density at radius 2 is 2.07 bits per heavy atom. The molecule has 3 nitrogen and oxygen atoms in total. The number of hydrogen-bond acceptors (Lipinski definition) is 3. The van der Waals surface area contributed by atoms with Gasteiger partial charge in [-0.1, -0.05) is 12.1 Å². The van der Waals surface area contributed by atoms with Crippen LogP contribution in [0.1, 0.15) is 24.4 Å². The van der Waals surface area contributed by atoms with Gasteiger partial charge in [-0.15, -0.1) is 0 Å². The maximum absolute atomic E-state index is 9.80. The molecule has 0 aromatic heterocycles. The quantitative estimate of drug-likeness (QED) is 0.675. The predicted molar refractivity (Wildman–Crippen MR) is 53.8 cm³/mol. The minimum atomic E-state index is -0.475. The van der Waals surface area contributed by atoms with E-state index in [1.54, 1.807) is 18.2 Å². The molecule has 0 unspecified atom stereocenters. The molecular weight excluding hydrogens is 178 g/mol. The summed E-state index contributed by atoms with van der Waals surface area (Å²) >= 11 is 0. The van der Waals surface area contributed by atoms with Crippen molar-refractivity contribution in [3.63, 3.8) is 0 Å². The molecule has 1 aromatic carbocycles. The first-order valence-electron chi connectivity index (χ1n) is 4.91. The van der Waals surface area contributed by atoms with Gasteiger partial charge in [0.15, 0.2) is 0 Å². The molecule has 0 aliphatic heterocycles. The van der Waals surface area contributed by atoms with E-state index in [-0.39, 0.29) is 11.8 Å². The first-order valence-corrected chi connectivity index (χ1v) is 4.91. The summed E-state index contributed by atoms with van der Waals surface area (Å²) in [6.45, 7) is 0. The standard InChI is InChI=1S/C11H15NO2/c12-10(11(14)7-4-5-7)8-2-1-3-9(13)6-8/h1-3,6-7,10-11,13-14H,4-5,12H2/t10-,11+/m0/s1. The first-order chi connectivity index (χ1) is 6.68. The molecule has 1 aliphatic carbocycles. The minimum Gasteiger partial charge on any atom is -0.508 e. The SMILES string of the molecule is N[C@@H](c1cccc(O)c1)[C@H](O)C1CC1. The molecule has 14 heavy (non-hydrogen) atoms. The Morgan fingerprint density at radius 3 is 2.64 bits per heavy atom. The Bertz CT molecular complexity index is 323. The Kier molecular flexibility index (Phi) is 2.44. The predicted octanol–water partition coefficient (Wildman–Crippen LogP) is 1.16. The van der Waals surface area contributed by atoms with E-state index in [1.807, 2.05) is 6.07 Å². The average Bonchev–Trinajstić information content (AvgIpc) is 2.99. The van der Waals surface area contributed by atoms with Crippen LogP contribution in [0, 0.1) is 5.92 Å². The molecule has 0 spiro atoms. The second-order valence-corrected chi connectivity index (χ2v) is 3.95. The van der Waals surface area contributed by atoms with Gasteiger partial charge in [-0.25, -0.2) is 0 Å². The van der Waals surface area contributed by atoms with Gasteiger partial charge >= 0.3 is 0 Å². The largest absolute Gasteiger partial charge is 0.508 e. The summed E-state index contributed by atoms with van der Waals surface area (Å²) in [5, 5.41) is 19.1. The van der Waals surface area contributed by atoms with Crippen LogP contribution in [0.2, 0.25) is 0 Å². The number of rotatable bonds is 3. The van der Waals surface area contributed by atoms with Gasteiger partial charge in [0.1, 0.15) is 5.75 Å². The number of hydrogen-bond donors (Lipinski definition) is 3. The molecule has 2 atom stereocenters. The van der Waals surface area contributed by atoms with E-state index in [1.165, 1.54) is 0 Å². The summed E-state index contributed by atoms with van der Waals surface area (Å²) in [4.78, 5) is 0. The van der Waals surface area contributed by atoms with E-state index in [0.29, 0.717) is 5.92 Å². The van der Waals surface area contributed by atoms with Gasteiger partial charge in [0, 0.05) is 0 Å². The first kappa shape index (κ1) is 9.49. The van der Waals surface area contributed by atoms with Gasteiger partial charge in [-0.2, -0.15) is 0 Å². The highest BCUT2D eigenvalue weighted by Gasteiger charge is 2.34. The Balaban J connectivity index is 2.13. The van der Waals surface area contributed by atoms with E-state index in [0.717, 1.165) is 18.4 Å². The molecule has 0 heterocycles. The third kappa shape index (κ3) is 1.89. The van der Waals surface area contributed by atoms with Crippen LogP contribution in [0.25, 0.3) is 0 Å². The van der Waals surface area contributed by atoms with Gasteiger partial charge in [0.2, 0.25) is 0 Å². The summed E-state index contributed by atoms with van der Waals surface area (Å²) in [7, 11) is 0. The van der Waals surface area contributed by atoms with Gasteiger partial charge in [-0.05, 0) is 36.5 Å². The monoisotopic (exact) mass is 193 g/mol. The second kappa shape index (κ2) is 3.59. The van der Waals surface area contributed by atoms with Crippen LogP contribution < -0.4 is 5.73 Å². The number of aliphatic hydroxyl groups is 1. The number of phenolic OH excluding ortho intramolecular Hbond substituents is 1. The maximum atomic E-state index is 9.80. The van der Waals surface area contributed by atoms with Gasteiger partial charge < -0.3 is 15.9 Å². The maximum Gasteiger partial charge on any atom is 0.115 e. The van der Waals surface area contributed by atoms with Crippen molar-refractivity contribution in [3.05, 3.63) is 29.8 Å². The van der Waals surface area contributed by atoms with E-state index < -0.39 is 6.10 Å². The topological polar surface area (TPSA) is 66.5 Å². The molecule has 4 N–H and O–H groups in total. The smallest absolute Gasteiger partial charge is 0.115 e. The van der Waals surface area contributed by atoms with Crippen LogP contribution in [-0.4, -0.2) is 16.3 Å². The molecule has 1 aromatic rings. The van der Waals surface area contributed by atoms with Gasteiger partial charge in [0.05, 0.1) is 12.1 Å². The van der Waals surface area contributed by atoms with Crippen molar-refractivity contribution in [2.24, 2.45) is 11.7 Å². The highest BCUT2D eigenvalue weighted by Crippen LogP contribution is 2.37. The Morgan fingerprint density at radius 1 is 1.36 bits per heavy atom. The van der Waals surface area contributed by atoms with E-state index in [9.17, 15) is 10.2 Å². The van der Waals surface area contributed by atoms with E-state index in [2.05, 4.69) is 0 Å². The molecule has 0 bridgehead atoms. The van der Waals surface area contributed by atoms with Crippen molar-refractivity contribution in [2.75, 3.05) is 0 Å². The number of phenols is 1. The summed E-state index contributed by atoms with van der Waals surface area (Å²) in [6, 6.07) is 6.39. The van der Waals surface area contributed by atoms with E-state index >= 15 is 0 Å². The van der Waals surface area contributed by atoms with Crippen molar-refractivity contribution in [1.82, 2.24) is 0 Å². The van der Waals surface area contributed by atoms with Crippen molar-refractivity contribution >= 4 is 0 Å². The molecule has 0 radical (unpaired) electrons. The van der Waals surface area contributed by atoms with Crippen LogP contribution in [0.15, 0.2) is 24.3 Å². The van der Waals surface area contributed by atoms with Crippen LogP contribution in [0.4, 0.5) is 0 Å². The fraction of sp³-hybridized carbons (Fsp3) is 0.455. The Labute approximate surface area is 83.2 Å². The molecular formula is C11H15NO2. The van der Waals surface area contributed by atoms with Crippen molar-refractivity contribution < 1.29 is 10.2 Å². The zero-order valence-corrected chi connectivity index (χ0v) is 7.93. The number of nitrogens with two attached hydrogens (primary N) is 1. The lowest BCUT2D eigenvalue weighted by Crippen LogP contribution is -2.27. The van der Waals surface area contributed by atoms with E-state index in [4.69, 9.17) is 5.73 Å². The average molecular weight is 193 g/mol. The molecule has 1 saturated carbocycles. The zero-order chi connectivity index (χ0) is 10.1. The lowest BCUT2D eigenvalue weighted by atomic mass is 9.99. The van der Waals surface area contributed by atoms with Crippen molar-refractivity contribution in [1.29, 1.82) is 0 Å². The third-order valence-electron chi connectivity index (χ3n) is 2.73.